The highest BCUT2D eigenvalue weighted by atomic mass is 35.5. The van der Waals surface area contributed by atoms with Gasteiger partial charge in [-0.3, -0.25) is 0 Å². The van der Waals surface area contributed by atoms with Crippen LogP contribution in [0.5, 0.6) is 0 Å². The number of nitrogens with two attached hydrogens (primary N) is 1. The van der Waals surface area contributed by atoms with Gasteiger partial charge in [-0.2, -0.15) is 0 Å². The second-order valence-electron chi connectivity index (χ2n) is 7.84. The van der Waals surface area contributed by atoms with Crippen LogP contribution in [0.15, 0.2) is 46.2 Å². The predicted octanol–water partition coefficient (Wildman–Crippen LogP) is 2.59. The van der Waals surface area contributed by atoms with E-state index in [1.54, 1.807) is 0 Å². The minimum absolute atomic E-state index is 0.0125. The van der Waals surface area contributed by atoms with Crippen LogP contribution in [-0.2, 0) is 28.7 Å². The van der Waals surface area contributed by atoms with Crippen molar-refractivity contribution >= 4 is 39.5 Å². The first-order valence-corrected chi connectivity index (χ1v) is 12.0. The van der Waals surface area contributed by atoms with Crippen LogP contribution >= 0.6 is 11.6 Å². The Morgan fingerprint density at radius 2 is 2.09 bits per heavy atom. The molecule has 4 rings (SSSR count). The smallest absolute Gasteiger partial charge is 0.240 e. The quantitative estimate of drug-likeness (QED) is 0.500. The maximum absolute atomic E-state index is 14.9. The SMILES string of the molecule is C[C@@]1(c2cc(/C=C(\F)c3cnc(Cl)cn3)ccc2F)CS(=O)(=O)N(Cc2cnc(CO)o2)C(N)=N1. The fourth-order valence-electron chi connectivity index (χ4n) is 3.57. The summed E-state index contributed by atoms with van der Waals surface area (Å²) in [7, 11) is -4.08. The van der Waals surface area contributed by atoms with Crippen molar-refractivity contribution < 1.29 is 26.7 Å². The number of aromatic nitrogens is 3. The molecule has 0 fully saturated rings. The third-order valence-electron chi connectivity index (χ3n) is 5.18. The van der Waals surface area contributed by atoms with E-state index in [1.165, 1.54) is 31.5 Å². The number of sulfonamides is 1. The van der Waals surface area contributed by atoms with Gasteiger partial charge in [-0.25, -0.2) is 41.4 Å². The summed E-state index contributed by atoms with van der Waals surface area (Å²) in [4.78, 5) is 15.7. The van der Waals surface area contributed by atoms with Crippen LogP contribution in [0.4, 0.5) is 8.78 Å². The number of hydrogen-bond acceptors (Lipinski definition) is 9. The molecule has 0 amide bonds. The molecular weight excluding hydrogens is 506 g/mol. The maximum Gasteiger partial charge on any atom is 0.240 e. The average Bonchev–Trinajstić information content (AvgIpc) is 3.25. The van der Waals surface area contributed by atoms with Gasteiger partial charge >= 0.3 is 0 Å². The van der Waals surface area contributed by atoms with Gasteiger partial charge in [-0.1, -0.05) is 17.7 Å². The molecular formula is C21H19ClF2N6O4S. The van der Waals surface area contributed by atoms with Gasteiger partial charge in [-0.15, -0.1) is 0 Å². The predicted molar refractivity (Wildman–Crippen MR) is 123 cm³/mol. The van der Waals surface area contributed by atoms with E-state index in [0.29, 0.717) is 0 Å². The van der Waals surface area contributed by atoms with Gasteiger partial charge in [0.1, 0.15) is 34.6 Å². The van der Waals surface area contributed by atoms with Gasteiger partial charge in [0.15, 0.2) is 5.83 Å². The molecule has 3 N–H and O–H groups in total. The molecule has 1 aliphatic rings. The molecule has 0 aliphatic carbocycles. The molecule has 1 aliphatic heterocycles. The van der Waals surface area contributed by atoms with Crippen molar-refractivity contribution in [2.45, 2.75) is 25.6 Å². The van der Waals surface area contributed by atoms with Crippen LogP contribution in [-0.4, -0.2) is 44.5 Å². The van der Waals surface area contributed by atoms with Crippen LogP contribution in [0.25, 0.3) is 11.9 Å². The van der Waals surface area contributed by atoms with E-state index in [9.17, 15) is 17.2 Å². The molecule has 0 spiro atoms. The molecule has 10 nitrogen and oxygen atoms in total. The first kappa shape index (κ1) is 24.7. The molecule has 184 valence electrons. The van der Waals surface area contributed by atoms with Gasteiger partial charge in [0.25, 0.3) is 0 Å². The summed E-state index contributed by atoms with van der Waals surface area (Å²) in [6.45, 7) is 0.656. The molecule has 0 radical (unpaired) electrons. The van der Waals surface area contributed by atoms with E-state index in [1.807, 2.05) is 0 Å². The molecule has 0 bridgehead atoms. The standard InChI is InChI=1S/C21H19ClF2N6O4S/c1-21(11-35(32,33)30(20(25)29-21)9-13-6-28-19(10-31)34-13)14-4-12(2-3-15(14)23)5-16(24)17-7-27-18(22)8-26-17/h2-8,31H,9-11H2,1H3,(H2,25,29)/b16-5-/t21-/m0/s1. The Balaban J connectivity index is 1.68. The summed E-state index contributed by atoms with van der Waals surface area (Å²) in [6.07, 6.45) is 4.69. The summed E-state index contributed by atoms with van der Waals surface area (Å²) < 4.78 is 61.7. The van der Waals surface area contributed by atoms with E-state index in [4.69, 9.17) is 26.9 Å². The lowest BCUT2D eigenvalue weighted by molar-refractivity contribution is 0.234. The van der Waals surface area contributed by atoms with Crippen LogP contribution < -0.4 is 5.73 Å². The van der Waals surface area contributed by atoms with E-state index in [2.05, 4.69) is 19.9 Å². The van der Waals surface area contributed by atoms with Crippen molar-refractivity contribution in [2.24, 2.45) is 10.7 Å². The summed E-state index contributed by atoms with van der Waals surface area (Å²) in [5.41, 5.74) is 4.45. The summed E-state index contributed by atoms with van der Waals surface area (Å²) in [6, 6.07) is 3.71. The molecule has 14 heteroatoms. The summed E-state index contributed by atoms with van der Waals surface area (Å²) in [5, 5.41) is 9.17. The minimum atomic E-state index is -4.08. The molecule has 3 heterocycles. The van der Waals surface area contributed by atoms with Crippen LogP contribution in [0.2, 0.25) is 5.15 Å². The number of benzene rings is 1. The third kappa shape index (κ3) is 5.16. The van der Waals surface area contributed by atoms with Crippen molar-refractivity contribution in [2.75, 3.05) is 5.75 Å². The Labute approximate surface area is 203 Å². The molecule has 1 aromatic carbocycles. The zero-order valence-electron chi connectivity index (χ0n) is 18.2. The Kier molecular flexibility index (Phi) is 6.58. The first-order chi connectivity index (χ1) is 16.5. The Bertz CT molecular complexity index is 1430. The van der Waals surface area contributed by atoms with Crippen molar-refractivity contribution in [3.05, 3.63) is 76.2 Å². The van der Waals surface area contributed by atoms with Crippen molar-refractivity contribution in [3.63, 3.8) is 0 Å². The number of guanidine groups is 1. The normalized spacial score (nSPS) is 20.1. The van der Waals surface area contributed by atoms with E-state index >= 15 is 0 Å². The number of aliphatic hydroxyl groups excluding tert-OH is 1. The zero-order chi connectivity index (χ0) is 25.4. The number of halogens is 3. The number of nitrogens with zero attached hydrogens (tertiary/aromatic N) is 5. The van der Waals surface area contributed by atoms with Gasteiger partial charge in [0.2, 0.25) is 21.9 Å². The van der Waals surface area contributed by atoms with Gasteiger partial charge < -0.3 is 15.3 Å². The van der Waals surface area contributed by atoms with E-state index < -0.39 is 39.6 Å². The zero-order valence-corrected chi connectivity index (χ0v) is 19.8. The van der Waals surface area contributed by atoms with Crippen LogP contribution in [0.1, 0.15) is 35.4 Å². The number of oxazole rings is 1. The summed E-state index contributed by atoms with van der Waals surface area (Å²) in [5.74, 6) is -2.34. The second kappa shape index (κ2) is 9.32. The van der Waals surface area contributed by atoms with Gasteiger partial charge in [-0.05, 0) is 30.7 Å². The van der Waals surface area contributed by atoms with Crippen molar-refractivity contribution in [1.82, 2.24) is 19.3 Å². The lowest BCUT2D eigenvalue weighted by Crippen LogP contribution is -2.52. The molecule has 0 unspecified atom stereocenters. The number of hydrogen-bond donors (Lipinski definition) is 2. The van der Waals surface area contributed by atoms with E-state index in [0.717, 1.165) is 22.6 Å². The number of rotatable bonds is 6. The monoisotopic (exact) mass is 524 g/mol. The maximum atomic E-state index is 14.9. The molecule has 1 atom stereocenters. The van der Waals surface area contributed by atoms with Crippen LogP contribution in [0.3, 0.4) is 0 Å². The Hall–Kier alpha value is -3.42. The lowest BCUT2D eigenvalue weighted by Gasteiger charge is -2.36. The Morgan fingerprint density at radius 3 is 2.71 bits per heavy atom. The number of aliphatic imine (C=N–C) groups is 1. The first-order valence-electron chi connectivity index (χ1n) is 10.1. The molecule has 35 heavy (non-hydrogen) atoms. The number of aliphatic hydroxyl groups is 1. The highest BCUT2D eigenvalue weighted by Gasteiger charge is 2.43. The molecule has 0 saturated carbocycles. The molecule has 3 aromatic rings. The summed E-state index contributed by atoms with van der Waals surface area (Å²) >= 11 is 5.66. The Morgan fingerprint density at radius 1 is 1.31 bits per heavy atom. The second-order valence-corrected chi connectivity index (χ2v) is 10.1. The molecule has 0 saturated heterocycles. The van der Waals surface area contributed by atoms with Gasteiger partial charge in [0.05, 0.1) is 30.9 Å². The molecule has 2 aromatic heterocycles. The highest BCUT2D eigenvalue weighted by molar-refractivity contribution is 7.89. The van der Waals surface area contributed by atoms with Crippen LogP contribution in [0, 0.1) is 5.82 Å². The minimum Gasteiger partial charge on any atom is -0.441 e. The lowest BCUT2D eigenvalue weighted by atomic mass is 9.92. The topological polar surface area (TPSA) is 148 Å². The largest absolute Gasteiger partial charge is 0.441 e. The highest BCUT2D eigenvalue weighted by Crippen LogP contribution is 2.35. The van der Waals surface area contributed by atoms with Crippen molar-refractivity contribution in [1.29, 1.82) is 0 Å². The van der Waals surface area contributed by atoms with Gasteiger partial charge in [0, 0.05) is 5.56 Å². The van der Waals surface area contributed by atoms with E-state index in [-0.39, 0.29) is 46.1 Å². The third-order valence-corrected chi connectivity index (χ3v) is 7.29. The fourth-order valence-corrected chi connectivity index (χ4v) is 5.40. The average molecular weight is 525 g/mol. The van der Waals surface area contributed by atoms with Crippen molar-refractivity contribution in [3.8, 4) is 0 Å². The fraction of sp³-hybridized carbons (Fsp3) is 0.238.